The van der Waals surface area contributed by atoms with Crippen LogP contribution >= 0.6 is 0 Å². The molecule has 0 spiro atoms. The Labute approximate surface area is 162 Å². The molecule has 0 saturated heterocycles. The molecule has 3 rings (SSSR count). The van der Waals surface area contributed by atoms with Crippen molar-refractivity contribution < 1.29 is 9.50 Å². The quantitative estimate of drug-likeness (QED) is 0.816. The van der Waals surface area contributed by atoms with E-state index in [1.165, 1.54) is 6.07 Å². The third-order valence-corrected chi connectivity index (χ3v) is 5.76. The molecule has 0 aromatic heterocycles. The second kappa shape index (κ2) is 8.37. The van der Waals surface area contributed by atoms with Crippen LogP contribution in [0.5, 0.6) is 0 Å². The van der Waals surface area contributed by atoms with Crippen LogP contribution in [0.4, 0.5) is 4.39 Å². The topological polar surface area (TPSA) is 23.5 Å². The molecule has 2 nitrogen and oxygen atoms in total. The zero-order valence-corrected chi connectivity index (χ0v) is 16.6. The second-order valence-corrected chi connectivity index (χ2v) is 8.07. The van der Waals surface area contributed by atoms with E-state index < -0.39 is 5.60 Å². The minimum Gasteiger partial charge on any atom is -0.385 e. The zero-order valence-electron chi connectivity index (χ0n) is 16.6. The fourth-order valence-electron chi connectivity index (χ4n) is 4.30. The first kappa shape index (κ1) is 19.8. The Morgan fingerprint density at radius 1 is 1.15 bits per heavy atom. The third-order valence-electron chi connectivity index (χ3n) is 5.76. The van der Waals surface area contributed by atoms with Gasteiger partial charge in [-0.15, -0.1) is 0 Å². The first-order valence-electron chi connectivity index (χ1n) is 9.77. The SMILES string of the molecule is Cc1cccc(F)c1CC1(O)/C(=C/c2ccccc2)CCCC1CN(C)C. The molecule has 2 unspecified atom stereocenters. The molecule has 1 fully saturated rings. The molecule has 0 aliphatic heterocycles. The maximum absolute atomic E-state index is 14.6. The molecular formula is C24H30FNO. The highest BCUT2D eigenvalue weighted by molar-refractivity contribution is 5.56. The van der Waals surface area contributed by atoms with Gasteiger partial charge >= 0.3 is 0 Å². The lowest BCUT2D eigenvalue weighted by Gasteiger charge is -2.44. The lowest BCUT2D eigenvalue weighted by atomic mass is 9.68. The highest BCUT2D eigenvalue weighted by atomic mass is 19.1. The molecular weight excluding hydrogens is 337 g/mol. The average molecular weight is 368 g/mol. The monoisotopic (exact) mass is 367 g/mol. The Bertz CT molecular complexity index is 779. The van der Waals surface area contributed by atoms with Crippen LogP contribution in [0, 0.1) is 18.7 Å². The molecule has 27 heavy (non-hydrogen) atoms. The van der Waals surface area contributed by atoms with E-state index in [-0.39, 0.29) is 11.7 Å². The van der Waals surface area contributed by atoms with Gasteiger partial charge in [0, 0.05) is 18.9 Å². The Balaban J connectivity index is 2.04. The number of aryl methyl sites for hydroxylation is 1. The van der Waals surface area contributed by atoms with Gasteiger partial charge in [-0.2, -0.15) is 0 Å². The molecule has 144 valence electrons. The molecule has 0 amide bonds. The van der Waals surface area contributed by atoms with Crippen molar-refractivity contribution in [2.75, 3.05) is 20.6 Å². The van der Waals surface area contributed by atoms with Crippen LogP contribution in [0.1, 0.15) is 36.0 Å². The van der Waals surface area contributed by atoms with Gasteiger partial charge in [0.15, 0.2) is 0 Å². The number of aliphatic hydroxyl groups is 1. The Morgan fingerprint density at radius 2 is 1.89 bits per heavy atom. The van der Waals surface area contributed by atoms with Crippen LogP contribution < -0.4 is 0 Å². The van der Waals surface area contributed by atoms with Crippen molar-refractivity contribution in [3.05, 3.63) is 76.6 Å². The molecule has 2 aromatic carbocycles. The van der Waals surface area contributed by atoms with Gasteiger partial charge in [0.25, 0.3) is 0 Å². The normalized spacial score (nSPS) is 24.5. The van der Waals surface area contributed by atoms with Crippen LogP contribution in [-0.2, 0) is 6.42 Å². The zero-order chi connectivity index (χ0) is 19.4. The summed E-state index contributed by atoms with van der Waals surface area (Å²) in [5, 5.41) is 11.9. The van der Waals surface area contributed by atoms with Crippen molar-refractivity contribution in [3.8, 4) is 0 Å². The molecule has 3 heteroatoms. The standard InChI is InChI=1S/C24H30FNO/c1-18-9-7-14-23(25)22(18)16-24(27)20(15-19-10-5-4-6-11-19)12-8-13-21(24)17-26(2)3/h4-7,9-11,14-15,21,27H,8,12-13,16-17H2,1-3H3/b20-15+. The fraction of sp³-hybridized carbons (Fsp3) is 0.417. The molecule has 1 N–H and O–H groups in total. The summed E-state index contributed by atoms with van der Waals surface area (Å²) < 4.78 is 14.6. The number of halogens is 1. The first-order chi connectivity index (χ1) is 12.9. The van der Waals surface area contributed by atoms with Crippen molar-refractivity contribution in [2.45, 2.75) is 38.2 Å². The Kier molecular flexibility index (Phi) is 6.13. The van der Waals surface area contributed by atoms with Crippen molar-refractivity contribution >= 4 is 6.08 Å². The predicted molar refractivity (Wildman–Crippen MR) is 110 cm³/mol. The van der Waals surface area contributed by atoms with E-state index in [4.69, 9.17) is 0 Å². The van der Waals surface area contributed by atoms with Crippen molar-refractivity contribution in [3.63, 3.8) is 0 Å². The van der Waals surface area contributed by atoms with Gasteiger partial charge in [-0.3, -0.25) is 0 Å². The van der Waals surface area contributed by atoms with E-state index in [0.29, 0.717) is 12.0 Å². The number of benzene rings is 2. The van der Waals surface area contributed by atoms with Crippen LogP contribution in [0.2, 0.25) is 0 Å². The second-order valence-electron chi connectivity index (χ2n) is 8.07. The van der Waals surface area contributed by atoms with E-state index in [9.17, 15) is 9.50 Å². The maximum Gasteiger partial charge on any atom is 0.126 e. The number of rotatable bonds is 5. The average Bonchev–Trinajstić information content (AvgIpc) is 2.63. The van der Waals surface area contributed by atoms with Crippen LogP contribution in [0.3, 0.4) is 0 Å². The van der Waals surface area contributed by atoms with Gasteiger partial charge in [-0.25, -0.2) is 4.39 Å². The van der Waals surface area contributed by atoms with Gasteiger partial charge < -0.3 is 10.0 Å². The summed E-state index contributed by atoms with van der Waals surface area (Å²) >= 11 is 0. The number of hydrogen-bond donors (Lipinski definition) is 1. The highest BCUT2D eigenvalue weighted by Gasteiger charge is 2.43. The minimum atomic E-state index is -1.04. The molecule has 0 bridgehead atoms. The van der Waals surface area contributed by atoms with E-state index in [1.54, 1.807) is 6.07 Å². The fourth-order valence-corrected chi connectivity index (χ4v) is 4.30. The number of nitrogens with zero attached hydrogens (tertiary/aromatic N) is 1. The molecule has 0 heterocycles. The highest BCUT2D eigenvalue weighted by Crippen LogP contribution is 2.42. The third kappa shape index (κ3) is 4.48. The number of hydrogen-bond acceptors (Lipinski definition) is 2. The largest absolute Gasteiger partial charge is 0.385 e. The van der Waals surface area contributed by atoms with Crippen molar-refractivity contribution in [2.24, 2.45) is 5.92 Å². The van der Waals surface area contributed by atoms with Crippen LogP contribution in [-0.4, -0.2) is 36.2 Å². The molecule has 0 radical (unpaired) electrons. The van der Waals surface area contributed by atoms with E-state index >= 15 is 0 Å². The van der Waals surface area contributed by atoms with Gasteiger partial charge in [0.05, 0.1) is 5.60 Å². The van der Waals surface area contributed by atoms with Gasteiger partial charge in [-0.1, -0.05) is 48.5 Å². The van der Waals surface area contributed by atoms with Crippen molar-refractivity contribution in [1.29, 1.82) is 0 Å². The summed E-state index contributed by atoms with van der Waals surface area (Å²) in [7, 11) is 4.06. The Morgan fingerprint density at radius 3 is 2.56 bits per heavy atom. The Hall–Kier alpha value is -1.97. The van der Waals surface area contributed by atoms with Gasteiger partial charge in [-0.05, 0) is 68.6 Å². The first-order valence-corrected chi connectivity index (χ1v) is 9.77. The summed E-state index contributed by atoms with van der Waals surface area (Å²) in [6, 6.07) is 15.3. The molecule has 1 saturated carbocycles. The van der Waals surface area contributed by atoms with Crippen molar-refractivity contribution in [1.82, 2.24) is 4.90 Å². The molecule has 2 aromatic rings. The van der Waals surface area contributed by atoms with Crippen LogP contribution in [0.15, 0.2) is 54.1 Å². The van der Waals surface area contributed by atoms with Gasteiger partial charge in [0.2, 0.25) is 0 Å². The smallest absolute Gasteiger partial charge is 0.126 e. The van der Waals surface area contributed by atoms with Gasteiger partial charge in [0.1, 0.15) is 5.82 Å². The summed E-state index contributed by atoms with van der Waals surface area (Å²) in [5.41, 5.74) is 2.60. The van der Waals surface area contributed by atoms with E-state index in [0.717, 1.165) is 42.5 Å². The summed E-state index contributed by atoms with van der Waals surface area (Å²) in [6.45, 7) is 2.71. The van der Waals surface area contributed by atoms with E-state index in [2.05, 4.69) is 23.1 Å². The summed E-state index contributed by atoms with van der Waals surface area (Å²) in [4.78, 5) is 2.12. The minimum absolute atomic E-state index is 0.0789. The molecule has 1 aliphatic rings. The predicted octanol–water partition coefficient (Wildman–Crippen LogP) is 4.85. The lowest BCUT2D eigenvalue weighted by molar-refractivity contribution is -0.0130. The summed E-state index contributed by atoms with van der Waals surface area (Å²) in [5.74, 6) is -0.146. The molecule has 2 atom stereocenters. The maximum atomic E-state index is 14.6. The summed E-state index contributed by atoms with van der Waals surface area (Å²) in [6.07, 6.45) is 5.29. The van der Waals surface area contributed by atoms with E-state index in [1.807, 2.05) is 45.3 Å². The lowest BCUT2D eigenvalue weighted by Crippen LogP contribution is -2.48. The molecule has 1 aliphatic carbocycles. The van der Waals surface area contributed by atoms with Crippen LogP contribution in [0.25, 0.3) is 6.08 Å².